The Hall–Kier alpha value is -0.0500. The smallest absolute Gasteiger partial charge is 0.0799 e. The van der Waals surface area contributed by atoms with E-state index in [0.717, 1.165) is 18.6 Å². The summed E-state index contributed by atoms with van der Waals surface area (Å²) in [6.07, 6.45) is 3.43. The van der Waals surface area contributed by atoms with Crippen LogP contribution in [0.2, 0.25) is 0 Å². The van der Waals surface area contributed by atoms with E-state index in [1.807, 2.05) is 0 Å². The molecule has 2 fully saturated rings. The standard InChI is InChI=1S/C10H16BrNO/c1-8(2)7(12-13)10(11)5-4-9(8,3)6-10/h13H,4-6H2,1-3H3/b12-7-/t9-,10+/m1/s1. The molecule has 2 atom stereocenters. The van der Waals surface area contributed by atoms with Crippen LogP contribution in [0.3, 0.4) is 0 Å². The van der Waals surface area contributed by atoms with Gasteiger partial charge in [-0.25, -0.2) is 0 Å². The lowest BCUT2D eigenvalue weighted by atomic mass is 9.65. The Morgan fingerprint density at radius 1 is 1.31 bits per heavy atom. The minimum Gasteiger partial charge on any atom is -0.411 e. The minimum atomic E-state index is -0.0139. The number of oxime groups is 1. The summed E-state index contributed by atoms with van der Waals surface area (Å²) in [5.41, 5.74) is 1.27. The zero-order valence-electron chi connectivity index (χ0n) is 8.39. The molecule has 0 aliphatic heterocycles. The van der Waals surface area contributed by atoms with E-state index >= 15 is 0 Å². The molecule has 3 heteroatoms. The van der Waals surface area contributed by atoms with E-state index in [1.54, 1.807) is 0 Å². The van der Waals surface area contributed by atoms with Gasteiger partial charge in [0.2, 0.25) is 0 Å². The zero-order valence-corrected chi connectivity index (χ0v) is 9.98. The van der Waals surface area contributed by atoms with Crippen molar-refractivity contribution < 1.29 is 5.21 Å². The molecule has 2 saturated carbocycles. The van der Waals surface area contributed by atoms with E-state index < -0.39 is 0 Å². The van der Waals surface area contributed by atoms with Gasteiger partial charge in [-0.1, -0.05) is 41.9 Å². The quantitative estimate of drug-likeness (QED) is 0.397. The van der Waals surface area contributed by atoms with Crippen molar-refractivity contribution in [3.8, 4) is 0 Å². The SMILES string of the molecule is CC1(C)/C(=N/O)[C@]2(Br)CC[C@]1(C)C2. The molecule has 2 bridgehead atoms. The van der Waals surface area contributed by atoms with Gasteiger partial charge in [0.1, 0.15) is 0 Å². The third-order valence-corrected chi connectivity index (χ3v) is 5.42. The van der Waals surface area contributed by atoms with Crippen LogP contribution in [0.1, 0.15) is 40.0 Å². The van der Waals surface area contributed by atoms with Crippen LogP contribution in [-0.2, 0) is 0 Å². The van der Waals surface area contributed by atoms with Crippen molar-refractivity contribution in [2.24, 2.45) is 16.0 Å². The average Bonchev–Trinajstić information content (AvgIpc) is 2.35. The lowest BCUT2D eigenvalue weighted by Crippen LogP contribution is -2.41. The van der Waals surface area contributed by atoms with Crippen molar-refractivity contribution in [1.29, 1.82) is 0 Å². The predicted molar refractivity (Wildman–Crippen MR) is 56.6 cm³/mol. The lowest BCUT2D eigenvalue weighted by molar-refractivity contribution is 0.179. The van der Waals surface area contributed by atoms with Gasteiger partial charge < -0.3 is 5.21 Å². The Kier molecular flexibility index (Phi) is 1.68. The highest BCUT2D eigenvalue weighted by Gasteiger charge is 2.65. The summed E-state index contributed by atoms with van der Waals surface area (Å²) >= 11 is 3.73. The van der Waals surface area contributed by atoms with Gasteiger partial charge in [0.05, 0.1) is 10.0 Å². The Bertz CT molecular complexity index is 287. The number of hydrogen-bond donors (Lipinski definition) is 1. The zero-order chi connectivity index (χ0) is 9.91. The van der Waals surface area contributed by atoms with Crippen LogP contribution >= 0.6 is 15.9 Å². The van der Waals surface area contributed by atoms with Crippen molar-refractivity contribution >= 4 is 21.6 Å². The molecule has 0 heterocycles. The van der Waals surface area contributed by atoms with Crippen molar-refractivity contribution in [2.45, 2.75) is 44.4 Å². The highest BCUT2D eigenvalue weighted by Crippen LogP contribution is 2.66. The van der Waals surface area contributed by atoms with Crippen molar-refractivity contribution in [3.05, 3.63) is 0 Å². The predicted octanol–water partition coefficient (Wildman–Crippen LogP) is 3.18. The first kappa shape index (κ1) is 9.50. The first-order valence-corrected chi connectivity index (χ1v) is 5.57. The van der Waals surface area contributed by atoms with Gasteiger partial charge >= 0.3 is 0 Å². The number of nitrogens with zero attached hydrogens (tertiary/aromatic N) is 1. The highest BCUT2D eigenvalue weighted by molar-refractivity contribution is 9.10. The first-order valence-electron chi connectivity index (χ1n) is 4.78. The third kappa shape index (κ3) is 0.915. The number of hydrogen-bond acceptors (Lipinski definition) is 2. The van der Waals surface area contributed by atoms with Crippen LogP contribution in [0, 0.1) is 10.8 Å². The Morgan fingerprint density at radius 3 is 2.23 bits per heavy atom. The van der Waals surface area contributed by atoms with Gasteiger partial charge in [-0.2, -0.15) is 0 Å². The van der Waals surface area contributed by atoms with Crippen molar-refractivity contribution in [2.75, 3.05) is 0 Å². The van der Waals surface area contributed by atoms with E-state index in [2.05, 4.69) is 41.9 Å². The van der Waals surface area contributed by atoms with Gasteiger partial charge in [-0.15, -0.1) is 0 Å². The van der Waals surface area contributed by atoms with Crippen LogP contribution in [0.5, 0.6) is 0 Å². The topological polar surface area (TPSA) is 32.6 Å². The second-order valence-electron chi connectivity index (χ2n) is 5.28. The summed E-state index contributed by atoms with van der Waals surface area (Å²) in [4.78, 5) is 0. The third-order valence-electron chi connectivity index (χ3n) is 4.37. The maximum Gasteiger partial charge on any atom is 0.0799 e. The van der Waals surface area contributed by atoms with Crippen LogP contribution < -0.4 is 0 Å². The molecule has 0 aromatic carbocycles. The highest BCUT2D eigenvalue weighted by atomic mass is 79.9. The average molecular weight is 246 g/mol. The molecule has 1 N–H and O–H groups in total. The molecule has 0 saturated heterocycles. The first-order chi connectivity index (χ1) is 5.86. The fourth-order valence-electron chi connectivity index (χ4n) is 3.07. The van der Waals surface area contributed by atoms with E-state index in [1.165, 1.54) is 6.42 Å². The number of alkyl halides is 1. The second-order valence-corrected chi connectivity index (χ2v) is 6.79. The van der Waals surface area contributed by atoms with Crippen LogP contribution in [0.25, 0.3) is 0 Å². The molecule has 0 amide bonds. The summed E-state index contributed by atoms with van der Waals surface area (Å²) in [7, 11) is 0. The van der Waals surface area contributed by atoms with Crippen LogP contribution in [-0.4, -0.2) is 15.2 Å². The summed E-state index contributed by atoms with van der Waals surface area (Å²) < 4.78 is -0.0139. The Morgan fingerprint density at radius 2 is 1.92 bits per heavy atom. The molecule has 0 spiro atoms. The maximum atomic E-state index is 9.06. The Balaban J connectivity index is 2.54. The van der Waals surface area contributed by atoms with Gasteiger partial charge in [0.25, 0.3) is 0 Å². The van der Waals surface area contributed by atoms with Gasteiger partial charge in [0, 0.05) is 5.41 Å². The molecule has 2 nitrogen and oxygen atoms in total. The molecule has 74 valence electrons. The molecule has 2 rings (SSSR count). The molecule has 2 aliphatic rings. The number of rotatable bonds is 0. The normalized spacial score (nSPS) is 50.3. The lowest BCUT2D eigenvalue weighted by Gasteiger charge is -2.39. The molecular formula is C10H16BrNO. The van der Waals surface area contributed by atoms with E-state index in [-0.39, 0.29) is 9.74 Å². The second kappa shape index (κ2) is 2.30. The van der Waals surface area contributed by atoms with Gasteiger partial charge in [0.15, 0.2) is 0 Å². The summed E-state index contributed by atoms with van der Waals surface area (Å²) in [5.74, 6) is 0. The molecule has 0 radical (unpaired) electrons. The van der Waals surface area contributed by atoms with Gasteiger partial charge in [-0.3, -0.25) is 0 Å². The van der Waals surface area contributed by atoms with Crippen molar-refractivity contribution in [1.82, 2.24) is 0 Å². The summed E-state index contributed by atoms with van der Waals surface area (Å²) in [5, 5.41) is 12.6. The molecule has 0 aromatic rings. The summed E-state index contributed by atoms with van der Waals surface area (Å²) in [6.45, 7) is 6.67. The van der Waals surface area contributed by atoms with Crippen LogP contribution in [0.4, 0.5) is 0 Å². The van der Waals surface area contributed by atoms with Crippen molar-refractivity contribution in [3.63, 3.8) is 0 Å². The van der Waals surface area contributed by atoms with E-state index in [9.17, 15) is 0 Å². The number of halogens is 1. The number of fused-ring (bicyclic) bond motifs is 2. The maximum absolute atomic E-state index is 9.06. The molecule has 0 aromatic heterocycles. The van der Waals surface area contributed by atoms with Crippen LogP contribution in [0.15, 0.2) is 5.16 Å². The fraction of sp³-hybridized carbons (Fsp3) is 0.900. The van der Waals surface area contributed by atoms with E-state index in [0.29, 0.717) is 5.41 Å². The Labute approximate surface area is 87.5 Å². The minimum absolute atomic E-state index is 0.0139. The largest absolute Gasteiger partial charge is 0.411 e. The van der Waals surface area contributed by atoms with Gasteiger partial charge in [-0.05, 0) is 24.7 Å². The van der Waals surface area contributed by atoms with E-state index in [4.69, 9.17) is 5.21 Å². The summed E-state index contributed by atoms with van der Waals surface area (Å²) in [6, 6.07) is 0. The molecular weight excluding hydrogens is 230 g/mol. The molecule has 0 unspecified atom stereocenters. The molecule has 2 aliphatic carbocycles. The molecule has 13 heavy (non-hydrogen) atoms. The fourth-order valence-corrected chi connectivity index (χ4v) is 4.46. The monoisotopic (exact) mass is 245 g/mol.